The quantitative estimate of drug-likeness (QED) is 0.802. The summed E-state index contributed by atoms with van der Waals surface area (Å²) in [7, 11) is 0. The number of aromatic nitrogens is 1. The van der Waals surface area contributed by atoms with E-state index in [9.17, 15) is 18.0 Å². The first-order valence-corrected chi connectivity index (χ1v) is 7.60. The van der Waals surface area contributed by atoms with Crippen LogP contribution in [0.1, 0.15) is 23.1 Å². The Kier molecular flexibility index (Phi) is 6.12. The molecule has 2 rings (SSSR count). The van der Waals surface area contributed by atoms with Crippen LogP contribution < -0.4 is 0 Å². The van der Waals surface area contributed by atoms with E-state index in [0.29, 0.717) is 0 Å². The molecule has 0 saturated heterocycles. The molecule has 4 nitrogen and oxygen atoms in total. The van der Waals surface area contributed by atoms with Gasteiger partial charge in [-0.15, -0.1) is 0 Å². The number of carbonyl (C=O) groups excluding carboxylic acids is 1. The minimum absolute atomic E-state index is 0.147. The van der Waals surface area contributed by atoms with E-state index in [2.05, 4.69) is 4.98 Å². The minimum atomic E-state index is -4.45. The summed E-state index contributed by atoms with van der Waals surface area (Å²) >= 11 is 0. The molecule has 0 radical (unpaired) electrons. The Morgan fingerprint density at radius 1 is 1.20 bits per heavy atom. The van der Waals surface area contributed by atoms with Gasteiger partial charge in [0, 0.05) is 25.5 Å². The first kappa shape index (κ1) is 18.5. The number of halogens is 3. The third-order valence-corrected chi connectivity index (χ3v) is 3.55. The molecule has 1 heterocycles. The van der Waals surface area contributed by atoms with Gasteiger partial charge in [0.05, 0.1) is 24.5 Å². The van der Waals surface area contributed by atoms with Crippen molar-refractivity contribution >= 4 is 5.91 Å². The number of pyridine rings is 1. The fourth-order valence-electron chi connectivity index (χ4n) is 2.33. The van der Waals surface area contributed by atoms with Gasteiger partial charge in [0.25, 0.3) is 0 Å². The van der Waals surface area contributed by atoms with Crippen molar-refractivity contribution in [2.45, 2.75) is 25.6 Å². The largest absolute Gasteiger partial charge is 0.416 e. The molecule has 2 aromatic rings. The zero-order valence-corrected chi connectivity index (χ0v) is 13.3. The Balaban J connectivity index is 2.12. The lowest BCUT2D eigenvalue weighted by atomic mass is 10.1. The predicted molar refractivity (Wildman–Crippen MR) is 85.0 cm³/mol. The van der Waals surface area contributed by atoms with Crippen LogP contribution in [-0.2, 0) is 23.9 Å². The molecule has 0 saturated carbocycles. The number of amides is 1. The van der Waals surface area contributed by atoms with Gasteiger partial charge in [-0.1, -0.05) is 24.3 Å². The van der Waals surface area contributed by atoms with Gasteiger partial charge in [-0.25, -0.2) is 0 Å². The fraction of sp³-hybridized carbons (Fsp3) is 0.278. The van der Waals surface area contributed by atoms with Crippen molar-refractivity contribution in [2.75, 3.05) is 6.54 Å². The second kappa shape index (κ2) is 8.29. The number of hydrogen-bond acceptors (Lipinski definition) is 3. The van der Waals surface area contributed by atoms with Gasteiger partial charge in [0.2, 0.25) is 5.91 Å². The van der Waals surface area contributed by atoms with E-state index in [0.717, 1.165) is 17.7 Å². The third kappa shape index (κ3) is 5.60. The van der Waals surface area contributed by atoms with E-state index in [-0.39, 0.29) is 37.4 Å². The molecule has 0 spiro atoms. The summed E-state index contributed by atoms with van der Waals surface area (Å²) < 4.78 is 38.3. The van der Waals surface area contributed by atoms with Crippen LogP contribution in [-0.4, -0.2) is 22.3 Å². The standard InChI is InChI=1S/C18H16F3N3O/c19-18(20,21)16-6-1-4-14(10-16)11-17(25)24(9-3-7-22)13-15-5-2-8-23-12-15/h1-2,4-6,8,10,12H,3,9,11,13H2. The van der Waals surface area contributed by atoms with E-state index in [1.54, 1.807) is 24.5 Å². The maximum atomic E-state index is 12.8. The molecule has 0 fully saturated rings. The number of rotatable bonds is 6. The molecule has 0 N–H and O–H groups in total. The second-order valence-corrected chi connectivity index (χ2v) is 5.46. The van der Waals surface area contributed by atoms with Crippen molar-refractivity contribution in [1.29, 1.82) is 5.26 Å². The highest BCUT2D eigenvalue weighted by Gasteiger charge is 2.30. The number of hydrogen-bond donors (Lipinski definition) is 0. The molecule has 0 aliphatic carbocycles. The second-order valence-electron chi connectivity index (χ2n) is 5.46. The molecule has 1 aromatic heterocycles. The average Bonchev–Trinajstić information content (AvgIpc) is 2.59. The third-order valence-electron chi connectivity index (χ3n) is 3.55. The Labute approximate surface area is 143 Å². The number of alkyl halides is 3. The molecule has 1 aromatic carbocycles. The van der Waals surface area contributed by atoms with Crippen LogP contribution in [0.25, 0.3) is 0 Å². The highest BCUT2D eigenvalue weighted by molar-refractivity contribution is 5.78. The first-order chi connectivity index (χ1) is 11.9. The van der Waals surface area contributed by atoms with E-state index < -0.39 is 11.7 Å². The highest BCUT2D eigenvalue weighted by atomic mass is 19.4. The molecule has 1 amide bonds. The zero-order chi connectivity index (χ0) is 18.3. The summed E-state index contributed by atoms with van der Waals surface area (Å²) in [5.74, 6) is -0.335. The van der Waals surface area contributed by atoms with Crippen LogP contribution in [0.4, 0.5) is 13.2 Å². The van der Waals surface area contributed by atoms with Crippen LogP contribution in [0.2, 0.25) is 0 Å². The molecule has 25 heavy (non-hydrogen) atoms. The minimum Gasteiger partial charge on any atom is -0.337 e. The number of carbonyl (C=O) groups is 1. The summed E-state index contributed by atoms with van der Waals surface area (Å²) in [4.78, 5) is 17.9. The van der Waals surface area contributed by atoms with Crippen LogP contribution in [0.5, 0.6) is 0 Å². The van der Waals surface area contributed by atoms with E-state index in [1.165, 1.54) is 17.0 Å². The SMILES string of the molecule is N#CCCN(Cc1cccnc1)C(=O)Cc1cccc(C(F)(F)F)c1. The van der Waals surface area contributed by atoms with Crippen molar-refractivity contribution in [3.8, 4) is 6.07 Å². The molecular weight excluding hydrogens is 331 g/mol. The lowest BCUT2D eigenvalue weighted by Crippen LogP contribution is -2.32. The van der Waals surface area contributed by atoms with Gasteiger partial charge in [-0.05, 0) is 23.3 Å². The van der Waals surface area contributed by atoms with Gasteiger partial charge in [0.15, 0.2) is 0 Å². The molecule has 0 atom stereocenters. The lowest BCUT2D eigenvalue weighted by molar-refractivity contribution is -0.138. The Morgan fingerprint density at radius 2 is 1.96 bits per heavy atom. The monoisotopic (exact) mass is 347 g/mol. The van der Waals surface area contributed by atoms with Gasteiger partial charge >= 0.3 is 6.18 Å². The van der Waals surface area contributed by atoms with E-state index >= 15 is 0 Å². The maximum absolute atomic E-state index is 12.8. The summed E-state index contributed by atoms with van der Waals surface area (Å²) in [5.41, 5.74) is 0.291. The van der Waals surface area contributed by atoms with Crippen LogP contribution in [0.3, 0.4) is 0 Å². The molecular formula is C18H16F3N3O. The molecule has 0 aliphatic heterocycles. The summed E-state index contributed by atoms with van der Waals surface area (Å²) in [6.07, 6.45) is -1.25. The topological polar surface area (TPSA) is 57.0 Å². The molecule has 7 heteroatoms. The van der Waals surface area contributed by atoms with Gasteiger partial charge in [-0.2, -0.15) is 18.4 Å². The fourth-order valence-corrected chi connectivity index (χ4v) is 2.33. The van der Waals surface area contributed by atoms with Crippen molar-refractivity contribution in [2.24, 2.45) is 0 Å². The summed E-state index contributed by atoms with van der Waals surface area (Å²) in [6, 6.07) is 10.2. The normalized spacial score (nSPS) is 11.0. The predicted octanol–water partition coefficient (Wildman–Crippen LogP) is 3.59. The Morgan fingerprint density at radius 3 is 2.60 bits per heavy atom. The highest BCUT2D eigenvalue weighted by Crippen LogP contribution is 2.29. The Bertz CT molecular complexity index is 754. The summed E-state index contributed by atoms with van der Waals surface area (Å²) in [5, 5.41) is 8.75. The number of nitriles is 1. The zero-order valence-electron chi connectivity index (χ0n) is 13.3. The number of benzene rings is 1. The smallest absolute Gasteiger partial charge is 0.337 e. The first-order valence-electron chi connectivity index (χ1n) is 7.60. The Hall–Kier alpha value is -2.88. The molecule has 0 aliphatic rings. The summed E-state index contributed by atoms with van der Waals surface area (Å²) in [6.45, 7) is 0.469. The van der Waals surface area contributed by atoms with Gasteiger partial charge < -0.3 is 4.90 Å². The van der Waals surface area contributed by atoms with Crippen molar-refractivity contribution in [1.82, 2.24) is 9.88 Å². The maximum Gasteiger partial charge on any atom is 0.416 e. The lowest BCUT2D eigenvalue weighted by Gasteiger charge is -2.22. The molecule has 130 valence electrons. The van der Waals surface area contributed by atoms with Crippen LogP contribution in [0.15, 0.2) is 48.8 Å². The van der Waals surface area contributed by atoms with E-state index in [4.69, 9.17) is 5.26 Å². The molecule has 0 bridgehead atoms. The number of nitrogens with zero attached hydrogens (tertiary/aromatic N) is 3. The van der Waals surface area contributed by atoms with Crippen molar-refractivity contribution in [3.63, 3.8) is 0 Å². The van der Waals surface area contributed by atoms with Crippen molar-refractivity contribution in [3.05, 3.63) is 65.5 Å². The van der Waals surface area contributed by atoms with Crippen LogP contribution >= 0.6 is 0 Å². The van der Waals surface area contributed by atoms with Gasteiger partial charge in [-0.3, -0.25) is 9.78 Å². The van der Waals surface area contributed by atoms with Crippen molar-refractivity contribution < 1.29 is 18.0 Å². The molecule has 0 unspecified atom stereocenters. The average molecular weight is 347 g/mol. The van der Waals surface area contributed by atoms with Gasteiger partial charge in [0.1, 0.15) is 0 Å². The van der Waals surface area contributed by atoms with Crippen LogP contribution in [0, 0.1) is 11.3 Å². The van der Waals surface area contributed by atoms with E-state index in [1.807, 2.05) is 6.07 Å².